The van der Waals surface area contributed by atoms with Crippen LogP contribution in [0.5, 0.6) is 0 Å². The van der Waals surface area contributed by atoms with Crippen molar-refractivity contribution in [3.63, 3.8) is 0 Å². The van der Waals surface area contributed by atoms with Gasteiger partial charge >= 0.3 is 5.97 Å². The molecule has 0 aliphatic carbocycles. The summed E-state index contributed by atoms with van der Waals surface area (Å²) in [5.41, 5.74) is 0.186. The maximum absolute atomic E-state index is 10.4. The molecule has 1 rings (SSSR count). The van der Waals surface area contributed by atoms with Gasteiger partial charge in [0, 0.05) is 4.90 Å². The van der Waals surface area contributed by atoms with Gasteiger partial charge in [-0.05, 0) is 18.2 Å². The minimum absolute atomic E-state index is 0.186. The molecule has 0 aromatic heterocycles. The number of hydrogen-bond donors (Lipinski definition) is 2. The van der Waals surface area contributed by atoms with Gasteiger partial charge in [-0.3, -0.25) is 0 Å². The summed E-state index contributed by atoms with van der Waals surface area (Å²) < 4.78 is 0. The molecule has 0 saturated heterocycles. The fourth-order valence-corrected chi connectivity index (χ4v) is 0.828. The molecular formula is C7H5O2S. The number of thiol groups is 1. The van der Waals surface area contributed by atoms with Crippen LogP contribution in [0.1, 0.15) is 10.4 Å². The molecule has 0 saturated carbocycles. The van der Waals surface area contributed by atoms with E-state index in [-0.39, 0.29) is 5.56 Å². The van der Waals surface area contributed by atoms with E-state index in [2.05, 4.69) is 18.7 Å². The van der Waals surface area contributed by atoms with Crippen molar-refractivity contribution in [3.05, 3.63) is 29.8 Å². The third-order valence-corrected chi connectivity index (χ3v) is 1.46. The van der Waals surface area contributed by atoms with Gasteiger partial charge in [0.15, 0.2) is 0 Å². The third-order valence-electron chi connectivity index (χ3n) is 1.07. The first-order chi connectivity index (χ1) is 4.72. The number of hydrogen-bond acceptors (Lipinski definition) is 2. The Balaban J connectivity index is 3.15. The Morgan fingerprint density at radius 3 is 2.80 bits per heavy atom. The predicted octanol–water partition coefficient (Wildman–Crippen LogP) is 1.47. The van der Waals surface area contributed by atoms with Gasteiger partial charge in [-0.15, -0.1) is 12.6 Å². The summed E-state index contributed by atoms with van der Waals surface area (Å²) in [4.78, 5) is 10.8. The van der Waals surface area contributed by atoms with E-state index in [9.17, 15) is 4.79 Å². The summed E-state index contributed by atoms with van der Waals surface area (Å²) in [6.45, 7) is 0. The lowest BCUT2D eigenvalue weighted by atomic mass is 10.2. The van der Waals surface area contributed by atoms with Crippen molar-refractivity contribution in [1.82, 2.24) is 0 Å². The zero-order chi connectivity index (χ0) is 7.56. The lowest BCUT2D eigenvalue weighted by molar-refractivity contribution is 0.0693. The van der Waals surface area contributed by atoms with E-state index in [1.807, 2.05) is 0 Å². The third kappa shape index (κ3) is 1.30. The molecule has 0 aliphatic heterocycles. The van der Waals surface area contributed by atoms with Crippen LogP contribution in [0.3, 0.4) is 0 Å². The molecule has 0 aliphatic rings. The topological polar surface area (TPSA) is 37.3 Å². The maximum atomic E-state index is 10.4. The van der Waals surface area contributed by atoms with Gasteiger partial charge < -0.3 is 5.11 Å². The molecular weight excluding hydrogens is 148 g/mol. The van der Waals surface area contributed by atoms with E-state index in [1.165, 1.54) is 6.07 Å². The van der Waals surface area contributed by atoms with Gasteiger partial charge in [-0.2, -0.15) is 0 Å². The Labute approximate surface area is 63.9 Å². The fourth-order valence-electron chi connectivity index (χ4n) is 0.594. The highest BCUT2D eigenvalue weighted by molar-refractivity contribution is 7.80. The summed E-state index contributed by atoms with van der Waals surface area (Å²) in [6.07, 6.45) is 0. The average Bonchev–Trinajstić information content (AvgIpc) is 1.88. The van der Waals surface area contributed by atoms with Gasteiger partial charge in [-0.25, -0.2) is 4.79 Å². The Morgan fingerprint density at radius 2 is 2.40 bits per heavy atom. The standard InChI is InChI=1S/C7H5O2S/c8-7(9)5-3-1-2-4-6(5)10/h2-4,10H,(H,8,9). The van der Waals surface area contributed by atoms with Crippen LogP contribution in [0.4, 0.5) is 0 Å². The summed E-state index contributed by atoms with van der Waals surface area (Å²) in [5, 5.41) is 8.50. The number of carboxylic acids is 1. The highest BCUT2D eigenvalue weighted by atomic mass is 32.1. The monoisotopic (exact) mass is 153 g/mol. The summed E-state index contributed by atoms with van der Waals surface area (Å²) >= 11 is 3.94. The van der Waals surface area contributed by atoms with Crippen LogP contribution in [0.15, 0.2) is 23.1 Å². The van der Waals surface area contributed by atoms with Crippen LogP contribution in [0, 0.1) is 6.07 Å². The predicted molar refractivity (Wildman–Crippen MR) is 39.5 cm³/mol. The lowest BCUT2D eigenvalue weighted by Crippen LogP contribution is -1.96. The second kappa shape index (κ2) is 2.75. The van der Waals surface area contributed by atoms with E-state index >= 15 is 0 Å². The van der Waals surface area contributed by atoms with Crippen molar-refractivity contribution in [3.8, 4) is 0 Å². The quantitative estimate of drug-likeness (QED) is 0.599. The summed E-state index contributed by atoms with van der Waals surface area (Å²) in [7, 11) is 0. The molecule has 10 heavy (non-hydrogen) atoms. The molecule has 0 fully saturated rings. The van der Waals surface area contributed by atoms with Crippen LogP contribution in [0.2, 0.25) is 0 Å². The first-order valence-electron chi connectivity index (χ1n) is 2.64. The Kier molecular flexibility index (Phi) is 1.97. The normalized spacial score (nSPS) is 9.30. The molecule has 0 amide bonds. The van der Waals surface area contributed by atoms with Crippen molar-refractivity contribution in [2.24, 2.45) is 0 Å². The van der Waals surface area contributed by atoms with Crippen molar-refractivity contribution in [2.75, 3.05) is 0 Å². The number of benzene rings is 1. The van der Waals surface area contributed by atoms with Crippen LogP contribution in [0.25, 0.3) is 0 Å². The van der Waals surface area contributed by atoms with Gasteiger partial charge in [0.05, 0.1) is 5.56 Å². The number of rotatable bonds is 1. The molecule has 1 aromatic carbocycles. The maximum Gasteiger partial charge on any atom is 0.336 e. The molecule has 0 atom stereocenters. The first-order valence-corrected chi connectivity index (χ1v) is 3.09. The Hall–Kier alpha value is -0.960. The largest absolute Gasteiger partial charge is 0.478 e. The van der Waals surface area contributed by atoms with Crippen LogP contribution < -0.4 is 0 Å². The van der Waals surface area contributed by atoms with E-state index < -0.39 is 5.97 Å². The zero-order valence-electron chi connectivity index (χ0n) is 5.03. The minimum atomic E-state index is -0.971. The van der Waals surface area contributed by atoms with E-state index in [1.54, 1.807) is 12.1 Å². The molecule has 1 aromatic rings. The molecule has 51 valence electrons. The molecule has 0 bridgehead atoms. The summed E-state index contributed by atoms with van der Waals surface area (Å²) in [5.74, 6) is -0.971. The molecule has 2 nitrogen and oxygen atoms in total. The number of carbonyl (C=O) groups is 1. The highest BCUT2D eigenvalue weighted by Crippen LogP contribution is 2.11. The first kappa shape index (κ1) is 7.15. The highest BCUT2D eigenvalue weighted by Gasteiger charge is 2.04. The SMILES string of the molecule is O=C(O)c1c[c]ccc1S. The number of aromatic carboxylic acids is 1. The lowest BCUT2D eigenvalue weighted by Gasteiger charge is -1.95. The Bertz CT molecular complexity index is 258. The van der Waals surface area contributed by atoms with E-state index in [0.29, 0.717) is 4.90 Å². The van der Waals surface area contributed by atoms with Crippen LogP contribution in [-0.2, 0) is 0 Å². The molecule has 1 N–H and O–H groups in total. The van der Waals surface area contributed by atoms with E-state index in [4.69, 9.17) is 5.11 Å². The van der Waals surface area contributed by atoms with Gasteiger partial charge in [0.25, 0.3) is 0 Å². The zero-order valence-corrected chi connectivity index (χ0v) is 5.93. The second-order valence-electron chi connectivity index (χ2n) is 1.75. The molecule has 1 radical (unpaired) electrons. The molecule has 0 heterocycles. The molecule has 0 spiro atoms. The van der Waals surface area contributed by atoms with Crippen molar-refractivity contribution >= 4 is 18.6 Å². The smallest absolute Gasteiger partial charge is 0.336 e. The van der Waals surface area contributed by atoms with Gasteiger partial charge in [0.2, 0.25) is 0 Å². The van der Waals surface area contributed by atoms with Crippen molar-refractivity contribution < 1.29 is 9.90 Å². The van der Waals surface area contributed by atoms with Crippen molar-refractivity contribution in [1.29, 1.82) is 0 Å². The van der Waals surface area contributed by atoms with Crippen LogP contribution >= 0.6 is 12.6 Å². The second-order valence-corrected chi connectivity index (χ2v) is 2.23. The Morgan fingerprint density at radius 1 is 1.70 bits per heavy atom. The van der Waals surface area contributed by atoms with Gasteiger partial charge in [-0.1, -0.05) is 6.07 Å². The number of carboxylic acid groups (broad SMARTS) is 1. The summed E-state index contributed by atoms with van der Waals surface area (Å²) in [6, 6.07) is 7.26. The molecule has 3 heteroatoms. The van der Waals surface area contributed by atoms with E-state index in [0.717, 1.165) is 0 Å². The van der Waals surface area contributed by atoms with Gasteiger partial charge in [0.1, 0.15) is 0 Å². The van der Waals surface area contributed by atoms with Crippen LogP contribution in [-0.4, -0.2) is 11.1 Å². The minimum Gasteiger partial charge on any atom is -0.478 e. The van der Waals surface area contributed by atoms with Crippen molar-refractivity contribution in [2.45, 2.75) is 4.90 Å². The molecule has 0 unspecified atom stereocenters. The average molecular weight is 153 g/mol. The fraction of sp³-hybridized carbons (Fsp3) is 0.